The van der Waals surface area contributed by atoms with E-state index in [0.717, 1.165) is 12.5 Å². The average molecular weight is 277 g/mol. The average Bonchev–Trinajstić information content (AvgIpc) is 2.49. The summed E-state index contributed by atoms with van der Waals surface area (Å²) in [5, 5.41) is 13.3. The fraction of sp³-hybridized carbons (Fsp3) is 0.647. The molecule has 0 radical (unpaired) electrons. The van der Waals surface area contributed by atoms with Gasteiger partial charge in [-0.05, 0) is 56.2 Å². The number of hydrogen-bond donors (Lipinski definition) is 2. The minimum Gasteiger partial charge on any atom is -0.504 e. The summed E-state index contributed by atoms with van der Waals surface area (Å²) >= 11 is 0. The summed E-state index contributed by atoms with van der Waals surface area (Å²) < 4.78 is 5.42. The quantitative estimate of drug-likeness (QED) is 0.830. The van der Waals surface area contributed by atoms with Gasteiger partial charge in [0.05, 0.1) is 6.61 Å². The first-order valence-corrected chi connectivity index (χ1v) is 7.91. The smallest absolute Gasteiger partial charge is 0.161 e. The Morgan fingerprint density at radius 1 is 1.20 bits per heavy atom. The van der Waals surface area contributed by atoms with E-state index in [0.29, 0.717) is 18.4 Å². The van der Waals surface area contributed by atoms with Gasteiger partial charge in [-0.2, -0.15) is 0 Å². The van der Waals surface area contributed by atoms with E-state index in [1.54, 1.807) is 6.07 Å². The Hall–Kier alpha value is -1.22. The van der Waals surface area contributed by atoms with E-state index in [-0.39, 0.29) is 5.75 Å². The van der Waals surface area contributed by atoms with Gasteiger partial charge in [0, 0.05) is 12.6 Å². The highest BCUT2D eigenvalue weighted by atomic mass is 16.5. The van der Waals surface area contributed by atoms with E-state index in [2.05, 4.69) is 12.2 Å². The van der Waals surface area contributed by atoms with E-state index in [4.69, 9.17) is 4.74 Å². The summed E-state index contributed by atoms with van der Waals surface area (Å²) in [6.45, 7) is 5.65. The Morgan fingerprint density at radius 3 is 2.60 bits per heavy atom. The molecule has 1 aromatic rings. The van der Waals surface area contributed by atoms with Crippen LogP contribution in [0, 0.1) is 5.92 Å². The topological polar surface area (TPSA) is 41.5 Å². The number of rotatable bonds is 6. The number of nitrogens with one attached hydrogen (secondary N) is 1. The van der Waals surface area contributed by atoms with Gasteiger partial charge in [-0.3, -0.25) is 0 Å². The minimum absolute atomic E-state index is 0.221. The van der Waals surface area contributed by atoms with Gasteiger partial charge in [0.1, 0.15) is 0 Å². The second kappa shape index (κ2) is 7.53. The zero-order valence-corrected chi connectivity index (χ0v) is 12.7. The first kappa shape index (κ1) is 15.2. The molecule has 0 aromatic heterocycles. The van der Waals surface area contributed by atoms with Crippen LogP contribution in [0.25, 0.3) is 0 Å². The normalized spacial score (nSPS) is 22.7. The largest absolute Gasteiger partial charge is 0.504 e. The molecular formula is C17H27NO2. The Kier molecular flexibility index (Phi) is 5.72. The van der Waals surface area contributed by atoms with Crippen molar-refractivity contribution in [3.05, 3.63) is 23.8 Å². The third kappa shape index (κ3) is 4.14. The molecule has 0 atom stereocenters. The third-order valence-corrected chi connectivity index (χ3v) is 4.34. The second-order valence-electron chi connectivity index (χ2n) is 5.74. The van der Waals surface area contributed by atoms with Gasteiger partial charge in [-0.25, -0.2) is 0 Å². The molecule has 2 N–H and O–H groups in total. The maximum Gasteiger partial charge on any atom is 0.161 e. The lowest BCUT2D eigenvalue weighted by Gasteiger charge is -2.28. The maximum atomic E-state index is 9.69. The van der Waals surface area contributed by atoms with E-state index in [1.807, 2.05) is 19.1 Å². The Morgan fingerprint density at radius 2 is 1.95 bits per heavy atom. The predicted molar refractivity (Wildman–Crippen MR) is 82.2 cm³/mol. The molecule has 0 bridgehead atoms. The van der Waals surface area contributed by atoms with Crippen molar-refractivity contribution in [3.8, 4) is 11.5 Å². The molecule has 112 valence electrons. The van der Waals surface area contributed by atoms with Crippen LogP contribution in [0.3, 0.4) is 0 Å². The van der Waals surface area contributed by atoms with E-state index >= 15 is 0 Å². The molecule has 3 heteroatoms. The molecule has 0 aliphatic heterocycles. The van der Waals surface area contributed by atoms with E-state index in [9.17, 15) is 5.11 Å². The molecule has 20 heavy (non-hydrogen) atoms. The van der Waals surface area contributed by atoms with Crippen molar-refractivity contribution in [2.75, 3.05) is 6.61 Å². The van der Waals surface area contributed by atoms with Crippen molar-refractivity contribution in [1.82, 2.24) is 5.32 Å². The standard InChI is InChI=1S/C17H27NO2/c1-3-13-5-8-15(9-6-13)18-12-14-7-10-16(19)17(11-14)20-4-2/h7,10-11,13,15,18-19H,3-6,8-9,12H2,1-2H3. The Balaban J connectivity index is 1.83. The van der Waals surface area contributed by atoms with Crippen molar-refractivity contribution >= 4 is 0 Å². The Labute approximate surface area is 122 Å². The van der Waals surface area contributed by atoms with Crippen LogP contribution >= 0.6 is 0 Å². The summed E-state index contributed by atoms with van der Waals surface area (Å²) in [7, 11) is 0. The van der Waals surface area contributed by atoms with Crippen LogP contribution in [0.1, 0.15) is 51.5 Å². The SMILES string of the molecule is CCOc1cc(CNC2CCC(CC)CC2)ccc1O. The lowest BCUT2D eigenvalue weighted by molar-refractivity contribution is 0.285. The number of phenolic OH excluding ortho intramolecular Hbond substituents is 1. The number of hydrogen-bond acceptors (Lipinski definition) is 3. The van der Waals surface area contributed by atoms with Gasteiger partial charge >= 0.3 is 0 Å². The first-order valence-electron chi connectivity index (χ1n) is 7.91. The number of benzene rings is 1. The molecule has 0 amide bonds. The molecule has 0 unspecified atom stereocenters. The van der Waals surface area contributed by atoms with Crippen molar-refractivity contribution in [3.63, 3.8) is 0 Å². The second-order valence-corrected chi connectivity index (χ2v) is 5.74. The van der Waals surface area contributed by atoms with Gasteiger partial charge in [0.25, 0.3) is 0 Å². The fourth-order valence-corrected chi connectivity index (χ4v) is 2.98. The van der Waals surface area contributed by atoms with Crippen LogP contribution in [0.15, 0.2) is 18.2 Å². The predicted octanol–water partition coefficient (Wildman–Crippen LogP) is 3.85. The summed E-state index contributed by atoms with van der Waals surface area (Å²) in [5.41, 5.74) is 1.17. The zero-order chi connectivity index (χ0) is 14.4. The van der Waals surface area contributed by atoms with Gasteiger partial charge in [0.2, 0.25) is 0 Å². The van der Waals surface area contributed by atoms with E-state index in [1.165, 1.54) is 37.7 Å². The summed E-state index contributed by atoms with van der Waals surface area (Å²) in [5.74, 6) is 1.74. The number of phenols is 1. The summed E-state index contributed by atoms with van der Waals surface area (Å²) in [6.07, 6.45) is 6.61. The lowest BCUT2D eigenvalue weighted by atomic mass is 9.84. The maximum absolute atomic E-state index is 9.69. The first-order chi connectivity index (χ1) is 9.72. The van der Waals surface area contributed by atoms with Gasteiger partial charge in [-0.1, -0.05) is 19.4 Å². The molecule has 2 rings (SSSR count). The van der Waals surface area contributed by atoms with Crippen molar-refractivity contribution in [2.24, 2.45) is 5.92 Å². The van der Waals surface area contributed by atoms with Crippen LogP contribution in [-0.4, -0.2) is 17.8 Å². The third-order valence-electron chi connectivity index (χ3n) is 4.34. The van der Waals surface area contributed by atoms with Gasteiger partial charge < -0.3 is 15.2 Å². The van der Waals surface area contributed by atoms with Crippen LogP contribution in [0.2, 0.25) is 0 Å². The van der Waals surface area contributed by atoms with Gasteiger partial charge in [-0.15, -0.1) is 0 Å². The van der Waals surface area contributed by atoms with Crippen molar-refractivity contribution in [1.29, 1.82) is 0 Å². The summed E-state index contributed by atoms with van der Waals surface area (Å²) in [4.78, 5) is 0. The van der Waals surface area contributed by atoms with Crippen LogP contribution in [0.4, 0.5) is 0 Å². The van der Waals surface area contributed by atoms with Crippen molar-refractivity contribution in [2.45, 2.75) is 58.5 Å². The minimum atomic E-state index is 0.221. The molecule has 1 aromatic carbocycles. The zero-order valence-electron chi connectivity index (χ0n) is 12.7. The number of aromatic hydroxyl groups is 1. The van der Waals surface area contributed by atoms with Crippen LogP contribution in [-0.2, 0) is 6.54 Å². The Bertz CT molecular complexity index is 411. The molecular weight excluding hydrogens is 250 g/mol. The molecule has 0 heterocycles. The van der Waals surface area contributed by atoms with E-state index < -0.39 is 0 Å². The molecule has 0 spiro atoms. The molecule has 0 saturated heterocycles. The highest BCUT2D eigenvalue weighted by Gasteiger charge is 2.19. The number of ether oxygens (including phenoxy) is 1. The highest BCUT2D eigenvalue weighted by Crippen LogP contribution is 2.28. The molecule has 1 aliphatic carbocycles. The lowest BCUT2D eigenvalue weighted by Crippen LogP contribution is -2.32. The van der Waals surface area contributed by atoms with Crippen LogP contribution < -0.4 is 10.1 Å². The van der Waals surface area contributed by atoms with Crippen molar-refractivity contribution < 1.29 is 9.84 Å². The monoisotopic (exact) mass is 277 g/mol. The molecule has 1 aliphatic rings. The molecule has 1 saturated carbocycles. The fourth-order valence-electron chi connectivity index (χ4n) is 2.98. The summed E-state index contributed by atoms with van der Waals surface area (Å²) in [6, 6.07) is 6.25. The van der Waals surface area contributed by atoms with Gasteiger partial charge in [0.15, 0.2) is 11.5 Å². The molecule has 1 fully saturated rings. The van der Waals surface area contributed by atoms with Crippen LogP contribution in [0.5, 0.6) is 11.5 Å². The highest BCUT2D eigenvalue weighted by molar-refractivity contribution is 5.41. The molecule has 3 nitrogen and oxygen atoms in total.